The summed E-state index contributed by atoms with van der Waals surface area (Å²) in [6.07, 6.45) is 2.50. The van der Waals surface area contributed by atoms with Gasteiger partial charge in [0.2, 0.25) is 0 Å². The van der Waals surface area contributed by atoms with E-state index in [1.807, 2.05) is 0 Å². The van der Waals surface area contributed by atoms with Crippen LogP contribution in [0.4, 0.5) is 0 Å². The molecule has 0 saturated heterocycles. The molecule has 0 fully saturated rings. The van der Waals surface area contributed by atoms with Gasteiger partial charge >= 0.3 is 37.7 Å². The summed E-state index contributed by atoms with van der Waals surface area (Å²) in [5, 5.41) is 14.2. The molecule has 0 rings (SSSR count). The van der Waals surface area contributed by atoms with Gasteiger partial charge in [-0.2, -0.15) is 10.5 Å². The average Bonchev–Trinajstić information content (AvgIpc) is 1.39. The number of hydrogen-bond donors (Lipinski definition) is 2. The summed E-state index contributed by atoms with van der Waals surface area (Å²) in [4.78, 5) is 0. The summed E-state index contributed by atoms with van der Waals surface area (Å²) in [6, 6.07) is 0. The third-order valence-electron chi connectivity index (χ3n) is 0. The van der Waals surface area contributed by atoms with Gasteiger partial charge < -0.3 is 14.3 Å². The fourth-order valence-electron chi connectivity index (χ4n) is 0. The molecule has 5 heteroatoms. The minimum absolute atomic E-state index is 0. The fourth-order valence-corrected chi connectivity index (χ4v) is 0. The predicted octanol–water partition coefficient (Wildman–Crippen LogP) is -1.30. The van der Waals surface area contributed by atoms with Crippen molar-refractivity contribution in [3.05, 3.63) is 0 Å². The van der Waals surface area contributed by atoms with Crippen LogP contribution in [-0.4, -0.2) is 37.7 Å². The Bertz CT molecular complexity index is 71.5. The molecule has 0 aromatic rings. The van der Waals surface area contributed by atoms with Gasteiger partial charge in [0.15, 0.2) is 12.4 Å². The van der Waals surface area contributed by atoms with Gasteiger partial charge in [0.25, 0.3) is 0 Å². The molecule has 0 radical (unpaired) electrons. The Morgan fingerprint density at radius 2 is 1.14 bits per heavy atom. The molecular formula is C2H6CaN4. The van der Waals surface area contributed by atoms with Crippen molar-refractivity contribution >= 4 is 37.7 Å². The fraction of sp³-hybridized carbons (Fsp3) is 0. The van der Waals surface area contributed by atoms with Gasteiger partial charge in [-0.1, -0.05) is 0 Å². The van der Waals surface area contributed by atoms with E-state index in [9.17, 15) is 0 Å². The molecule has 0 heterocycles. The number of hydrogen-bond acceptors (Lipinski definition) is 4. The zero-order valence-electron chi connectivity index (χ0n) is 5.76. The predicted molar refractivity (Wildman–Crippen MR) is 27.6 cm³/mol. The van der Waals surface area contributed by atoms with E-state index in [1.165, 1.54) is 12.4 Å². The van der Waals surface area contributed by atoms with Crippen molar-refractivity contribution in [3.63, 3.8) is 0 Å². The molecule has 0 bridgehead atoms. The average molecular weight is 126 g/mol. The van der Waals surface area contributed by atoms with Crippen LogP contribution in [0.25, 0.3) is 0 Å². The van der Waals surface area contributed by atoms with Crippen molar-refractivity contribution in [1.29, 1.82) is 10.5 Å². The Morgan fingerprint density at radius 1 is 1.14 bits per heavy atom. The summed E-state index contributed by atoms with van der Waals surface area (Å²) in [5.41, 5.74) is 8.31. The first-order valence-corrected chi connectivity index (χ1v) is 1.02. The van der Waals surface area contributed by atoms with Crippen molar-refractivity contribution in [3.8, 4) is 12.4 Å². The van der Waals surface area contributed by atoms with E-state index < -0.39 is 0 Å². The van der Waals surface area contributed by atoms with Crippen molar-refractivity contribution < 1.29 is 2.85 Å². The van der Waals surface area contributed by atoms with Gasteiger partial charge in [-0.05, 0) is 0 Å². The molecule has 0 spiro atoms. The van der Waals surface area contributed by atoms with Crippen LogP contribution in [-0.2, 0) is 0 Å². The minimum atomic E-state index is 0. The second kappa shape index (κ2) is 40.4. The van der Waals surface area contributed by atoms with Gasteiger partial charge in [0.1, 0.15) is 0 Å². The quantitative estimate of drug-likeness (QED) is 0.239. The molecule has 0 aromatic heterocycles. The van der Waals surface area contributed by atoms with Gasteiger partial charge in [0.05, 0.1) is 0 Å². The maximum atomic E-state index is 7.10. The Kier molecular flexibility index (Phi) is 91.3. The summed E-state index contributed by atoms with van der Waals surface area (Å²) < 4.78 is 0. The van der Waals surface area contributed by atoms with Gasteiger partial charge in [0, 0.05) is 0 Å². The molecule has 0 aliphatic carbocycles. The molecule has 0 aliphatic heterocycles. The number of nitrogens with two attached hydrogens (primary N) is 2. The molecule has 0 amide bonds. The van der Waals surface area contributed by atoms with Crippen LogP contribution >= 0.6 is 0 Å². The van der Waals surface area contributed by atoms with Gasteiger partial charge in [-0.25, -0.2) is 0 Å². The van der Waals surface area contributed by atoms with Crippen LogP contribution in [0.15, 0.2) is 0 Å². The third-order valence-corrected chi connectivity index (χ3v) is 0. The maximum Gasteiger partial charge on any atom is 2.00 e. The molecule has 4 N–H and O–H groups in total. The van der Waals surface area contributed by atoms with Crippen LogP contribution in [0.2, 0.25) is 0 Å². The Labute approximate surface area is 74.7 Å². The van der Waals surface area contributed by atoms with E-state index in [2.05, 4.69) is 11.5 Å². The van der Waals surface area contributed by atoms with Crippen LogP contribution in [0.1, 0.15) is 2.85 Å². The summed E-state index contributed by atoms with van der Waals surface area (Å²) in [6.45, 7) is 0. The topological polar surface area (TPSA) is 99.6 Å². The second-order valence-electron chi connectivity index (χ2n) is 0.258. The van der Waals surface area contributed by atoms with Gasteiger partial charge in [-0.3, -0.25) is 0 Å². The molecule has 0 unspecified atom stereocenters. The smallest absolute Gasteiger partial charge is 1.00 e. The van der Waals surface area contributed by atoms with Gasteiger partial charge in [-0.15, -0.1) is 0 Å². The van der Waals surface area contributed by atoms with E-state index in [1.54, 1.807) is 0 Å². The molecule has 0 atom stereocenters. The molecule has 0 aromatic carbocycles. The number of nitriles is 2. The van der Waals surface area contributed by atoms with E-state index in [4.69, 9.17) is 10.5 Å². The van der Waals surface area contributed by atoms with E-state index >= 15 is 0 Å². The van der Waals surface area contributed by atoms with E-state index in [0.29, 0.717) is 0 Å². The first-order valence-electron chi connectivity index (χ1n) is 1.02. The minimum Gasteiger partial charge on any atom is -1.00 e. The molecule has 7 heavy (non-hydrogen) atoms. The largest absolute Gasteiger partial charge is 2.00 e. The summed E-state index contributed by atoms with van der Waals surface area (Å²) >= 11 is 0. The van der Waals surface area contributed by atoms with Crippen molar-refractivity contribution in [1.82, 2.24) is 0 Å². The molecule has 0 aliphatic rings. The first kappa shape index (κ1) is 15.8. The molecule has 0 saturated carbocycles. The molecule has 36 valence electrons. The molecular weight excluding hydrogens is 120 g/mol. The standard InChI is InChI=1S/2CH2N2.Ca.2H/c2*2-1-3;;;/h2*2H2;;;/q;;+2;2*-1. The molecule has 4 nitrogen and oxygen atoms in total. The number of nitrogens with zero attached hydrogens (tertiary/aromatic N) is 2. The van der Waals surface area contributed by atoms with Crippen molar-refractivity contribution in [2.75, 3.05) is 0 Å². The van der Waals surface area contributed by atoms with E-state index in [-0.39, 0.29) is 40.6 Å². The first-order chi connectivity index (χ1) is 2.83. The SMILES string of the molecule is N#CN.N#CN.[Ca+2].[H-].[H-]. The second-order valence-corrected chi connectivity index (χ2v) is 0.258. The zero-order valence-corrected chi connectivity index (χ0v) is 5.96. The maximum absolute atomic E-state index is 7.10. The van der Waals surface area contributed by atoms with E-state index in [0.717, 1.165) is 0 Å². The Morgan fingerprint density at radius 3 is 1.14 bits per heavy atom. The van der Waals surface area contributed by atoms with Crippen molar-refractivity contribution in [2.24, 2.45) is 11.5 Å². The third kappa shape index (κ3) is 3350. The van der Waals surface area contributed by atoms with Crippen LogP contribution < -0.4 is 11.5 Å². The summed E-state index contributed by atoms with van der Waals surface area (Å²) in [5.74, 6) is 0. The van der Waals surface area contributed by atoms with Crippen LogP contribution in [0.3, 0.4) is 0 Å². The van der Waals surface area contributed by atoms with Crippen molar-refractivity contribution in [2.45, 2.75) is 0 Å². The zero-order chi connectivity index (χ0) is 5.41. The van der Waals surface area contributed by atoms with Crippen LogP contribution in [0.5, 0.6) is 0 Å². The Hall–Kier alpha value is -0.160. The summed E-state index contributed by atoms with van der Waals surface area (Å²) in [7, 11) is 0. The Balaban J connectivity index is -0.00000000889. The number of rotatable bonds is 0. The normalized spacial score (nSPS) is 2.00. The monoisotopic (exact) mass is 126 g/mol. The van der Waals surface area contributed by atoms with Crippen LogP contribution in [0, 0.1) is 22.9 Å².